The minimum atomic E-state index is -2.13. The summed E-state index contributed by atoms with van der Waals surface area (Å²) in [5.74, 6) is -6.90. The molecule has 2 aliphatic heterocycles. The van der Waals surface area contributed by atoms with Gasteiger partial charge in [-0.2, -0.15) is 0 Å². The fourth-order valence-electron chi connectivity index (χ4n) is 5.23. The molecule has 2 aliphatic rings. The summed E-state index contributed by atoms with van der Waals surface area (Å²) in [4.78, 5) is 73.3. The molecule has 47 heavy (non-hydrogen) atoms. The molecule has 2 saturated heterocycles. The normalized spacial score (nSPS) is 32.4. The van der Waals surface area contributed by atoms with Crippen molar-refractivity contribution in [2.45, 2.75) is 134 Å². The standard InChI is InChI=1S/C29H47NO16Si/c1-14(31)38-12-20-24(25(41-17(4)34)22(30)28(37)44-20)46-29(10-11-47(7,8)9)27(43-19(6)36)26(42-18(5)35)23(40-16(3)33)21(45-29)13-39-15(2)32/h20-28,37H,10-13,30H2,1-9H3/t20-,21-,22-,23+,24-,25-,26+,27-,28-,29+/m1/s1. The van der Waals surface area contributed by atoms with Crippen molar-refractivity contribution in [3.8, 4) is 0 Å². The molecule has 10 atom stereocenters. The number of hydrogen-bond acceptors (Lipinski definition) is 17. The molecule has 0 saturated carbocycles. The average molecular weight is 694 g/mol. The molecule has 268 valence electrons. The van der Waals surface area contributed by atoms with E-state index in [4.69, 9.17) is 48.4 Å². The SMILES string of the molecule is CC(=O)OC[C@H]1O[C@@](CC[Si](C)(C)C)(O[C@H]2[C@H](OC(C)=O)[C@@H](N)[C@H](O)O[C@@H]2COC(C)=O)[C@H](OC(C)=O)[C@@H](OC(C)=O)[C@H]1OC(C)=O. The Labute approximate surface area is 273 Å². The van der Waals surface area contributed by atoms with Gasteiger partial charge in [-0.05, 0) is 0 Å². The van der Waals surface area contributed by atoms with E-state index in [1.54, 1.807) is 0 Å². The fourth-order valence-corrected chi connectivity index (χ4v) is 6.33. The number of nitrogens with two attached hydrogens (primary N) is 1. The van der Waals surface area contributed by atoms with Gasteiger partial charge in [-0.1, -0.05) is 25.7 Å². The van der Waals surface area contributed by atoms with E-state index in [0.29, 0.717) is 6.04 Å². The molecule has 0 aromatic carbocycles. The molecule has 0 bridgehead atoms. The summed E-state index contributed by atoms with van der Waals surface area (Å²) in [5, 5.41) is 10.6. The molecular weight excluding hydrogens is 646 g/mol. The van der Waals surface area contributed by atoms with E-state index in [1.807, 2.05) is 19.6 Å². The third-order valence-corrected chi connectivity index (χ3v) is 8.90. The lowest BCUT2D eigenvalue weighted by atomic mass is 9.88. The van der Waals surface area contributed by atoms with Crippen molar-refractivity contribution in [2.75, 3.05) is 13.2 Å². The number of hydrogen-bond donors (Lipinski definition) is 2. The summed E-state index contributed by atoms with van der Waals surface area (Å²) < 4.78 is 51.6. The molecule has 0 aliphatic carbocycles. The fraction of sp³-hybridized carbons (Fsp3) is 0.793. The Morgan fingerprint density at radius 2 is 1.15 bits per heavy atom. The zero-order valence-electron chi connectivity index (χ0n) is 28.2. The highest BCUT2D eigenvalue weighted by Crippen LogP contribution is 2.43. The summed E-state index contributed by atoms with van der Waals surface area (Å²) in [6, 6.07) is -0.970. The minimum Gasteiger partial charge on any atom is -0.463 e. The first-order chi connectivity index (χ1) is 21.7. The van der Waals surface area contributed by atoms with Gasteiger partial charge in [0.1, 0.15) is 31.5 Å². The molecule has 2 heterocycles. The molecule has 17 nitrogen and oxygen atoms in total. The molecule has 2 fully saturated rings. The van der Waals surface area contributed by atoms with Crippen LogP contribution in [0.25, 0.3) is 0 Å². The van der Waals surface area contributed by atoms with Gasteiger partial charge in [-0.3, -0.25) is 28.8 Å². The monoisotopic (exact) mass is 693 g/mol. The highest BCUT2D eigenvalue weighted by molar-refractivity contribution is 6.76. The summed E-state index contributed by atoms with van der Waals surface area (Å²) in [7, 11) is -2.02. The van der Waals surface area contributed by atoms with E-state index in [-0.39, 0.29) is 6.42 Å². The van der Waals surface area contributed by atoms with Crippen molar-refractivity contribution in [2.24, 2.45) is 5.73 Å². The van der Waals surface area contributed by atoms with E-state index in [0.717, 1.165) is 41.5 Å². The van der Waals surface area contributed by atoms with Crippen LogP contribution < -0.4 is 5.73 Å². The molecule has 2 rings (SSSR count). The molecule has 3 N–H and O–H groups in total. The Kier molecular flexibility index (Phi) is 14.3. The molecule has 0 radical (unpaired) electrons. The highest BCUT2D eigenvalue weighted by Gasteiger charge is 2.63. The Balaban J connectivity index is 2.90. The maximum absolute atomic E-state index is 12.6. The van der Waals surface area contributed by atoms with Crippen molar-refractivity contribution in [1.29, 1.82) is 0 Å². The van der Waals surface area contributed by atoms with E-state index in [2.05, 4.69) is 0 Å². The van der Waals surface area contributed by atoms with Crippen LogP contribution in [-0.4, -0.2) is 123 Å². The average Bonchev–Trinajstić information content (AvgIpc) is 2.91. The number of esters is 6. The first-order valence-electron chi connectivity index (χ1n) is 15.1. The number of rotatable bonds is 13. The smallest absolute Gasteiger partial charge is 0.303 e. The van der Waals surface area contributed by atoms with E-state index in [1.165, 1.54) is 0 Å². The quantitative estimate of drug-likeness (QED) is 0.148. The molecular formula is C29H47NO16Si. The molecule has 0 amide bonds. The minimum absolute atomic E-state index is 0.0663. The number of aliphatic hydroxyl groups is 1. The first kappa shape index (κ1) is 40.0. The van der Waals surface area contributed by atoms with Gasteiger partial charge in [-0.25, -0.2) is 0 Å². The number of ether oxygens (including phenoxy) is 9. The van der Waals surface area contributed by atoms with Crippen LogP contribution >= 0.6 is 0 Å². The Morgan fingerprint density at radius 3 is 1.62 bits per heavy atom. The topological polar surface area (TPSA) is 232 Å². The first-order valence-corrected chi connectivity index (χ1v) is 18.8. The van der Waals surface area contributed by atoms with Gasteiger partial charge in [0.25, 0.3) is 0 Å². The van der Waals surface area contributed by atoms with Crippen LogP contribution in [0.15, 0.2) is 0 Å². The predicted molar refractivity (Wildman–Crippen MR) is 160 cm³/mol. The number of aliphatic hydroxyl groups excluding tert-OH is 1. The van der Waals surface area contributed by atoms with Gasteiger partial charge in [0.15, 0.2) is 30.7 Å². The zero-order valence-corrected chi connectivity index (χ0v) is 29.2. The molecule has 0 spiro atoms. The summed E-state index contributed by atoms with van der Waals surface area (Å²) in [6.07, 6.45) is -12.1. The van der Waals surface area contributed by atoms with E-state index in [9.17, 15) is 33.9 Å². The van der Waals surface area contributed by atoms with Crippen LogP contribution in [0.5, 0.6) is 0 Å². The molecule has 0 unspecified atom stereocenters. The summed E-state index contributed by atoms with van der Waals surface area (Å²) >= 11 is 0. The second-order valence-corrected chi connectivity index (χ2v) is 18.2. The molecule has 0 aromatic heterocycles. The maximum Gasteiger partial charge on any atom is 0.303 e. The summed E-state index contributed by atoms with van der Waals surface area (Å²) in [5.41, 5.74) is 6.22. The van der Waals surface area contributed by atoms with E-state index < -0.39 is 118 Å². The van der Waals surface area contributed by atoms with Gasteiger partial charge in [0.2, 0.25) is 5.79 Å². The highest BCUT2D eigenvalue weighted by atomic mass is 28.3. The number of carbonyl (C=O) groups is 6. The lowest BCUT2D eigenvalue weighted by Crippen LogP contribution is -2.72. The van der Waals surface area contributed by atoms with Gasteiger partial charge in [-0.15, -0.1) is 0 Å². The van der Waals surface area contributed by atoms with Crippen molar-refractivity contribution >= 4 is 43.9 Å². The summed E-state index contributed by atoms with van der Waals surface area (Å²) in [6.45, 7) is 11.7. The second kappa shape index (κ2) is 16.8. The lowest BCUT2D eigenvalue weighted by molar-refractivity contribution is -0.397. The predicted octanol–water partition coefficient (Wildman–Crippen LogP) is 0.0925. The number of carbonyl (C=O) groups excluding carboxylic acids is 6. The third-order valence-electron chi connectivity index (χ3n) is 7.15. The largest absolute Gasteiger partial charge is 0.463 e. The van der Waals surface area contributed by atoms with Crippen molar-refractivity contribution in [3.63, 3.8) is 0 Å². The Bertz CT molecular complexity index is 1160. The Hall–Kier alpha value is -3.16. The van der Waals surface area contributed by atoms with Crippen LogP contribution in [0.1, 0.15) is 48.0 Å². The molecule has 18 heteroatoms. The zero-order chi connectivity index (χ0) is 35.9. The van der Waals surface area contributed by atoms with Crippen LogP contribution in [0, 0.1) is 0 Å². The van der Waals surface area contributed by atoms with Crippen LogP contribution in [0.3, 0.4) is 0 Å². The van der Waals surface area contributed by atoms with Gasteiger partial charge in [0.05, 0.1) is 6.04 Å². The third kappa shape index (κ3) is 11.8. The van der Waals surface area contributed by atoms with Crippen LogP contribution in [0.2, 0.25) is 25.7 Å². The van der Waals surface area contributed by atoms with E-state index >= 15 is 0 Å². The van der Waals surface area contributed by atoms with Gasteiger partial charge < -0.3 is 53.5 Å². The van der Waals surface area contributed by atoms with Crippen LogP contribution in [-0.2, 0) is 71.4 Å². The van der Waals surface area contributed by atoms with Gasteiger partial charge in [0, 0.05) is 56.0 Å². The maximum atomic E-state index is 12.6. The van der Waals surface area contributed by atoms with Crippen molar-refractivity contribution in [3.05, 3.63) is 0 Å². The van der Waals surface area contributed by atoms with Crippen molar-refractivity contribution in [1.82, 2.24) is 0 Å². The van der Waals surface area contributed by atoms with Crippen molar-refractivity contribution < 1.29 is 76.5 Å². The Morgan fingerprint density at radius 1 is 0.681 bits per heavy atom. The van der Waals surface area contributed by atoms with Crippen LogP contribution in [0.4, 0.5) is 0 Å². The molecule has 0 aromatic rings. The lowest BCUT2D eigenvalue weighted by Gasteiger charge is -2.54. The van der Waals surface area contributed by atoms with Gasteiger partial charge >= 0.3 is 35.8 Å². The second-order valence-electron chi connectivity index (χ2n) is 12.6.